The molecule has 1 fully saturated rings. The lowest BCUT2D eigenvalue weighted by molar-refractivity contribution is -0.117. The van der Waals surface area contributed by atoms with Gasteiger partial charge in [-0.15, -0.1) is 0 Å². The summed E-state index contributed by atoms with van der Waals surface area (Å²) in [5.41, 5.74) is 5.64. The lowest BCUT2D eigenvalue weighted by Gasteiger charge is -2.23. The van der Waals surface area contributed by atoms with E-state index in [1.807, 2.05) is 67.3 Å². The van der Waals surface area contributed by atoms with E-state index in [1.54, 1.807) is 0 Å². The van der Waals surface area contributed by atoms with Crippen molar-refractivity contribution in [3.8, 4) is 11.1 Å². The summed E-state index contributed by atoms with van der Waals surface area (Å²) < 4.78 is 5.30. The van der Waals surface area contributed by atoms with Crippen molar-refractivity contribution in [2.75, 3.05) is 4.90 Å². The second kappa shape index (κ2) is 6.34. The Labute approximate surface area is 162 Å². The fourth-order valence-corrected chi connectivity index (χ4v) is 4.09. The van der Waals surface area contributed by atoms with Crippen LogP contribution in [0.2, 0.25) is 0 Å². The number of H-pyrrole nitrogens is 1. The van der Waals surface area contributed by atoms with Crippen LogP contribution < -0.4 is 4.90 Å². The molecule has 6 nitrogen and oxygen atoms in total. The summed E-state index contributed by atoms with van der Waals surface area (Å²) in [5.74, 6) is 1.75. The molecular formula is C22H20N4O2. The molecule has 0 radical (unpaired) electrons. The van der Waals surface area contributed by atoms with Crippen molar-refractivity contribution in [1.82, 2.24) is 15.1 Å². The monoisotopic (exact) mass is 372 g/mol. The van der Waals surface area contributed by atoms with Crippen LogP contribution in [-0.2, 0) is 4.79 Å². The summed E-state index contributed by atoms with van der Waals surface area (Å²) in [6.07, 6.45) is 1.28. The van der Waals surface area contributed by atoms with Gasteiger partial charge in [0.25, 0.3) is 0 Å². The van der Waals surface area contributed by atoms with E-state index >= 15 is 0 Å². The van der Waals surface area contributed by atoms with Gasteiger partial charge in [-0.2, -0.15) is 0 Å². The largest absolute Gasteiger partial charge is 0.361 e. The van der Waals surface area contributed by atoms with E-state index in [1.165, 1.54) is 0 Å². The average Bonchev–Trinajstić information content (AvgIpc) is 3.38. The number of aromatic nitrogens is 3. The molecular weight excluding hydrogens is 352 g/mol. The maximum absolute atomic E-state index is 12.5. The van der Waals surface area contributed by atoms with Gasteiger partial charge in [0.15, 0.2) is 0 Å². The number of carbonyl (C=O) groups excluding carboxylic acids is 1. The molecule has 1 saturated heterocycles. The molecule has 1 atom stereocenters. The van der Waals surface area contributed by atoms with Crippen molar-refractivity contribution in [2.24, 2.45) is 0 Å². The van der Waals surface area contributed by atoms with Crippen LogP contribution in [0.3, 0.4) is 0 Å². The Bertz CT molecular complexity index is 1160. The zero-order valence-electron chi connectivity index (χ0n) is 15.8. The van der Waals surface area contributed by atoms with Gasteiger partial charge in [-0.05, 0) is 50.1 Å². The van der Waals surface area contributed by atoms with E-state index in [-0.39, 0.29) is 11.9 Å². The molecule has 5 rings (SSSR count). The van der Waals surface area contributed by atoms with E-state index in [0.29, 0.717) is 6.42 Å². The highest BCUT2D eigenvalue weighted by atomic mass is 16.5. The normalized spacial score (nSPS) is 17.0. The van der Waals surface area contributed by atoms with Crippen molar-refractivity contribution in [3.63, 3.8) is 0 Å². The van der Waals surface area contributed by atoms with E-state index in [2.05, 4.69) is 10.1 Å². The number of amides is 1. The van der Waals surface area contributed by atoms with Crippen LogP contribution in [0.15, 0.2) is 53.1 Å². The number of aromatic amines is 1. The molecule has 0 bridgehead atoms. The fourth-order valence-electron chi connectivity index (χ4n) is 4.09. The predicted molar refractivity (Wildman–Crippen MR) is 107 cm³/mol. The number of imidazole rings is 1. The molecule has 3 heterocycles. The molecule has 1 aliphatic heterocycles. The number of aryl methyl sites for hydroxylation is 2. The first-order chi connectivity index (χ1) is 13.6. The first-order valence-corrected chi connectivity index (χ1v) is 9.42. The molecule has 140 valence electrons. The zero-order chi connectivity index (χ0) is 19.3. The summed E-state index contributed by atoms with van der Waals surface area (Å²) in [6, 6.07) is 15.8. The van der Waals surface area contributed by atoms with Crippen LogP contribution in [0.1, 0.15) is 36.2 Å². The third-order valence-corrected chi connectivity index (χ3v) is 5.39. The molecule has 0 unspecified atom stereocenters. The van der Waals surface area contributed by atoms with Gasteiger partial charge in [-0.1, -0.05) is 29.4 Å². The highest BCUT2D eigenvalue weighted by molar-refractivity contribution is 5.96. The standard InChI is InChI=1S/C22H20N4O2/c1-13-21(14(2)28-25-13)15-8-9-17-18(12-15)24-22(23-17)19-10-11-20(27)26(19)16-6-4-3-5-7-16/h3-9,12,19H,10-11H2,1-2H3,(H,23,24)/t19-/m0/s1. The fraction of sp³-hybridized carbons (Fsp3) is 0.227. The van der Waals surface area contributed by atoms with E-state index in [4.69, 9.17) is 9.51 Å². The minimum Gasteiger partial charge on any atom is -0.361 e. The number of rotatable bonds is 3. The topological polar surface area (TPSA) is 75.0 Å². The van der Waals surface area contributed by atoms with E-state index in [0.717, 1.165) is 51.5 Å². The SMILES string of the molecule is Cc1noc(C)c1-c1ccc2[nH]c([C@@H]3CCC(=O)N3c3ccccc3)nc2c1. The number of anilines is 1. The number of nitrogens with one attached hydrogen (secondary N) is 1. The lowest BCUT2D eigenvalue weighted by Crippen LogP contribution is -2.27. The minimum absolute atomic E-state index is 0.0789. The number of benzene rings is 2. The third kappa shape index (κ3) is 2.60. The van der Waals surface area contributed by atoms with Gasteiger partial charge in [0, 0.05) is 17.7 Å². The van der Waals surface area contributed by atoms with Gasteiger partial charge >= 0.3 is 0 Å². The van der Waals surface area contributed by atoms with Crippen LogP contribution >= 0.6 is 0 Å². The second-order valence-electron chi connectivity index (χ2n) is 7.21. The number of nitrogens with zero attached hydrogens (tertiary/aromatic N) is 3. The van der Waals surface area contributed by atoms with E-state index in [9.17, 15) is 4.79 Å². The highest BCUT2D eigenvalue weighted by Crippen LogP contribution is 2.37. The Morgan fingerprint density at radius 2 is 1.96 bits per heavy atom. The molecule has 1 amide bonds. The summed E-state index contributed by atoms with van der Waals surface area (Å²) in [4.78, 5) is 22.6. The minimum atomic E-state index is -0.0789. The van der Waals surface area contributed by atoms with Crippen molar-refractivity contribution < 1.29 is 9.32 Å². The Balaban J connectivity index is 1.56. The van der Waals surface area contributed by atoms with Crippen LogP contribution in [0.5, 0.6) is 0 Å². The van der Waals surface area contributed by atoms with Crippen LogP contribution in [0.25, 0.3) is 22.2 Å². The zero-order valence-corrected chi connectivity index (χ0v) is 15.8. The van der Waals surface area contributed by atoms with Gasteiger partial charge in [-0.3, -0.25) is 4.79 Å². The smallest absolute Gasteiger partial charge is 0.227 e. The number of hydrogen-bond acceptors (Lipinski definition) is 4. The Morgan fingerprint density at radius 3 is 2.71 bits per heavy atom. The molecule has 0 spiro atoms. The lowest BCUT2D eigenvalue weighted by atomic mass is 10.0. The maximum atomic E-state index is 12.5. The summed E-state index contributed by atoms with van der Waals surface area (Å²) in [5, 5.41) is 4.05. The average molecular weight is 372 g/mol. The second-order valence-corrected chi connectivity index (χ2v) is 7.21. The number of hydrogen-bond donors (Lipinski definition) is 1. The van der Waals surface area contributed by atoms with Crippen molar-refractivity contribution in [3.05, 3.63) is 65.8 Å². The molecule has 2 aromatic heterocycles. The van der Waals surface area contributed by atoms with Crippen LogP contribution in [0, 0.1) is 13.8 Å². The predicted octanol–water partition coefficient (Wildman–Crippen LogP) is 4.70. The Kier molecular flexibility index (Phi) is 3.79. The molecule has 6 heteroatoms. The third-order valence-electron chi connectivity index (χ3n) is 5.39. The first-order valence-electron chi connectivity index (χ1n) is 9.42. The van der Waals surface area contributed by atoms with Gasteiger partial charge in [0.1, 0.15) is 11.6 Å². The summed E-state index contributed by atoms with van der Waals surface area (Å²) in [7, 11) is 0. The molecule has 28 heavy (non-hydrogen) atoms. The number of carbonyl (C=O) groups is 1. The number of fused-ring (bicyclic) bond motifs is 1. The molecule has 4 aromatic rings. The van der Waals surface area contributed by atoms with Crippen molar-refractivity contribution in [2.45, 2.75) is 32.7 Å². The van der Waals surface area contributed by atoms with E-state index < -0.39 is 0 Å². The van der Waals surface area contributed by atoms with Gasteiger partial charge in [0.05, 0.1) is 22.8 Å². The van der Waals surface area contributed by atoms with Crippen LogP contribution in [-0.4, -0.2) is 21.0 Å². The van der Waals surface area contributed by atoms with Crippen molar-refractivity contribution >= 4 is 22.6 Å². The molecule has 0 saturated carbocycles. The summed E-state index contributed by atoms with van der Waals surface area (Å²) >= 11 is 0. The molecule has 1 aliphatic rings. The number of para-hydroxylation sites is 1. The molecule has 2 aromatic carbocycles. The Hall–Kier alpha value is -3.41. The highest BCUT2D eigenvalue weighted by Gasteiger charge is 2.35. The Morgan fingerprint density at radius 1 is 1.14 bits per heavy atom. The van der Waals surface area contributed by atoms with Crippen molar-refractivity contribution in [1.29, 1.82) is 0 Å². The maximum Gasteiger partial charge on any atom is 0.227 e. The van der Waals surface area contributed by atoms with Gasteiger partial charge < -0.3 is 14.4 Å². The van der Waals surface area contributed by atoms with Gasteiger partial charge in [-0.25, -0.2) is 4.98 Å². The van der Waals surface area contributed by atoms with Crippen LogP contribution in [0.4, 0.5) is 5.69 Å². The quantitative estimate of drug-likeness (QED) is 0.565. The molecule has 0 aliphatic carbocycles. The molecule has 1 N–H and O–H groups in total. The summed E-state index contributed by atoms with van der Waals surface area (Å²) in [6.45, 7) is 3.85. The van der Waals surface area contributed by atoms with Gasteiger partial charge in [0.2, 0.25) is 5.91 Å². The first kappa shape index (κ1) is 16.7.